The Kier molecular flexibility index (Phi) is 4.36. The standard InChI is InChI=1S/C13H16ClNO4S/c1-9-3-5-11(6-4-9)20(17,18)15-8-10(14)7-12(15)13(16)19-2/h3-6,10,12H,7-8H2,1-2H3/t10-,12-/m0/s1. The molecule has 0 N–H and O–H groups in total. The summed E-state index contributed by atoms with van der Waals surface area (Å²) >= 11 is 6.01. The second-order valence-corrected chi connectivity index (χ2v) is 7.27. The van der Waals surface area contributed by atoms with Crippen molar-refractivity contribution < 1.29 is 17.9 Å². The molecule has 5 nitrogen and oxygen atoms in total. The zero-order valence-electron chi connectivity index (χ0n) is 11.2. The highest BCUT2D eigenvalue weighted by Gasteiger charge is 2.43. The van der Waals surface area contributed by atoms with Gasteiger partial charge in [0.05, 0.1) is 12.0 Å². The molecule has 1 aliphatic rings. The van der Waals surface area contributed by atoms with Crippen molar-refractivity contribution in [3.63, 3.8) is 0 Å². The Morgan fingerprint density at radius 1 is 1.35 bits per heavy atom. The predicted octanol–water partition coefficient (Wildman–Crippen LogP) is 1.54. The van der Waals surface area contributed by atoms with Gasteiger partial charge in [-0.25, -0.2) is 8.42 Å². The number of alkyl halides is 1. The van der Waals surface area contributed by atoms with E-state index >= 15 is 0 Å². The van der Waals surface area contributed by atoms with E-state index in [1.54, 1.807) is 12.1 Å². The van der Waals surface area contributed by atoms with Gasteiger partial charge in [-0.05, 0) is 25.5 Å². The van der Waals surface area contributed by atoms with Gasteiger partial charge in [-0.15, -0.1) is 11.6 Å². The number of ether oxygens (including phenoxy) is 1. The number of sulfonamides is 1. The van der Waals surface area contributed by atoms with Crippen molar-refractivity contribution in [3.8, 4) is 0 Å². The van der Waals surface area contributed by atoms with E-state index in [1.165, 1.54) is 19.2 Å². The molecule has 1 aromatic carbocycles. The average Bonchev–Trinajstić information content (AvgIpc) is 2.81. The van der Waals surface area contributed by atoms with Crippen molar-refractivity contribution in [3.05, 3.63) is 29.8 Å². The molecule has 0 aromatic heterocycles. The van der Waals surface area contributed by atoms with Crippen LogP contribution < -0.4 is 0 Å². The van der Waals surface area contributed by atoms with Gasteiger partial charge in [-0.3, -0.25) is 4.79 Å². The van der Waals surface area contributed by atoms with Gasteiger partial charge < -0.3 is 4.74 Å². The van der Waals surface area contributed by atoms with Crippen molar-refractivity contribution in [2.75, 3.05) is 13.7 Å². The number of carbonyl (C=O) groups excluding carboxylic acids is 1. The summed E-state index contributed by atoms with van der Waals surface area (Å²) in [5, 5.41) is -0.390. The fourth-order valence-corrected chi connectivity index (χ4v) is 4.25. The number of hydrogen-bond acceptors (Lipinski definition) is 4. The maximum absolute atomic E-state index is 12.6. The van der Waals surface area contributed by atoms with Crippen LogP contribution in [0.4, 0.5) is 0 Å². The van der Waals surface area contributed by atoms with Gasteiger partial charge in [0.1, 0.15) is 6.04 Å². The van der Waals surface area contributed by atoms with E-state index in [0.29, 0.717) is 0 Å². The van der Waals surface area contributed by atoms with Crippen molar-refractivity contribution in [2.24, 2.45) is 0 Å². The van der Waals surface area contributed by atoms with Gasteiger partial charge in [-0.2, -0.15) is 4.31 Å². The van der Waals surface area contributed by atoms with Gasteiger partial charge in [0.15, 0.2) is 0 Å². The molecule has 1 aliphatic heterocycles. The minimum atomic E-state index is -3.74. The van der Waals surface area contributed by atoms with Crippen molar-refractivity contribution in [1.29, 1.82) is 0 Å². The average molecular weight is 318 g/mol. The molecular formula is C13H16ClNO4S. The summed E-state index contributed by atoms with van der Waals surface area (Å²) in [6.07, 6.45) is 0.263. The summed E-state index contributed by atoms with van der Waals surface area (Å²) < 4.78 is 30.9. The number of benzene rings is 1. The quantitative estimate of drug-likeness (QED) is 0.626. The molecule has 1 aromatic rings. The molecule has 1 saturated heterocycles. The highest BCUT2D eigenvalue weighted by molar-refractivity contribution is 7.89. The highest BCUT2D eigenvalue weighted by atomic mass is 35.5. The molecule has 1 fully saturated rings. The molecule has 110 valence electrons. The normalized spacial score (nSPS) is 23.8. The maximum atomic E-state index is 12.6. The van der Waals surface area contributed by atoms with Crippen LogP contribution in [-0.2, 0) is 19.6 Å². The lowest BCUT2D eigenvalue weighted by Gasteiger charge is -2.22. The molecule has 2 rings (SSSR count). The van der Waals surface area contributed by atoms with Crippen LogP contribution >= 0.6 is 11.6 Å². The van der Waals surface area contributed by atoms with Gasteiger partial charge in [0.25, 0.3) is 0 Å². The van der Waals surface area contributed by atoms with Crippen LogP contribution in [0.25, 0.3) is 0 Å². The number of methoxy groups -OCH3 is 1. The number of aryl methyl sites for hydroxylation is 1. The van der Waals surface area contributed by atoms with Crippen molar-refractivity contribution in [2.45, 2.75) is 29.7 Å². The van der Waals surface area contributed by atoms with Gasteiger partial charge in [0, 0.05) is 11.9 Å². The van der Waals surface area contributed by atoms with E-state index in [4.69, 9.17) is 11.6 Å². The molecule has 0 spiro atoms. The first-order chi connectivity index (χ1) is 9.36. The topological polar surface area (TPSA) is 63.7 Å². The summed E-state index contributed by atoms with van der Waals surface area (Å²) in [5.41, 5.74) is 0.963. The van der Waals surface area contributed by atoms with Gasteiger partial charge >= 0.3 is 5.97 Å². The largest absolute Gasteiger partial charge is 0.468 e. The first kappa shape index (κ1) is 15.3. The Balaban J connectivity index is 2.37. The molecule has 20 heavy (non-hydrogen) atoms. The smallest absolute Gasteiger partial charge is 0.324 e. The number of halogens is 1. The summed E-state index contributed by atoms with van der Waals surface area (Å²) in [7, 11) is -2.51. The SMILES string of the molecule is COC(=O)[C@@H]1C[C@H](Cl)CN1S(=O)(=O)c1ccc(C)cc1. The predicted molar refractivity (Wildman–Crippen MR) is 75.1 cm³/mol. The van der Waals surface area contributed by atoms with Crippen molar-refractivity contribution in [1.82, 2.24) is 4.31 Å². The lowest BCUT2D eigenvalue weighted by atomic mass is 10.2. The fourth-order valence-electron chi connectivity index (χ4n) is 2.22. The summed E-state index contributed by atoms with van der Waals surface area (Å²) in [5.74, 6) is -0.580. The minimum absolute atomic E-state index is 0.109. The van der Waals surface area contributed by atoms with Crippen LogP contribution in [0.2, 0.25) is 0 Å². The number of rotatable bonds is 3. The van der Waals surface area contributed by atoms with Gasteiger partial charge in [0.2, 0.25) is 10.0 Å². The van der Waals surface area contributed by atoms with Crippen LogP contribution in [0.5, 0.6) is 0 Å². The second kappa shape index (κ2) is 5.71. The molecular weight excluding hydrogens is 302 g/mol. The molecule has 0 radical (unpaired) electrons. The summed E-state index contributed by atoms with van der Waals surface area (Å²) in [6.45, 7) is 1.98. The molecule has 0 aliphatic carbocycles. The zero-order valence-corrected chi connectivity index (χ0v) is 12.8. The third-order valence-electron chi connectivity index (χ3n) is 3.31. The molecule has 0 bridgehead atoms. The Labute approximate surface area is 123 Å². The third kappa shape index (κ3) is 2.82. The van der Waals surface area contributed by atoms with Crippen LogP contribution in [0.15, 0.2) is 29.2 Å². The van der Waals surface area contributed by atoms with Crippen LogP contribution in [0.1, 0.15) is 12.0 Å². The first-order valence-corrected chi connectivity index (χ1v) is 8.04. The van der Waals surface area contributed by atoms with E-state index in [1.807, 2.05) is 6.92 Å². The minimum Gasteiger partial charge on any atom is -0.468 e. The molecule has 7 heteroatoms. The molecule has 2 atom stereocenters. The third-order valence-corrected chi connectivity index (χ3v) is 5.51. The van der Waals surface area contributed by atoms with Crippen LogP contribution in [0.3, 0.4) is 0 Å². The lowest BCUT2D eigenvalue weighted by molar-refractivity contribution is -0.144. The Morgan fingerprint density at radius 3 is 2.50 bits per heavy atom. The van der Waals surface area contributed by atoms with E-state index < -0.39 is 22.0 Å². The maximum Gasteiger partial charge on any atom is 0.324 e. The van der Waals surface area contributed by atoms with E-state index in [9.17, 15) is 13.2 Å². The Hall–Kier alpha value is -1.11. The van der Waals surface area contributed by atoms with Crippen LogP contribution in [-0.4, -0.2) is 43.8 Å². The summed E-state index contributed by atoms with van der Waals surface area (Å²) in [6, 6.07) is 5.64. The highest BCUT2D eigenvalue weighted by Crippen LogP contribution is 2.29. The van der Waals surface area contributed by atoms with E-state index in [2.05, 4.69) is 4.74 Å². The Morgan fingerprint density at radius 2 is 1.95 bits per heavy atom. The van der Waals surface area contributed by atoms with E-state index in [0.717, 1.165) is 9.87 Å². The molecule has 1 heterocycles. The van der Waals surface area contributed by atoms with E-state index in [-0.39, 0.29) is 23.2 Å². The lowest BCUT2D eigenvalue weighted by Crippen LogP contribution is -2.41. The summed E-state index contributed by atoms with van der Waals surface area (Å²) in [4.78, 5) is 11.9. The molecule has 0 saturated carbocycles. The number of carbonyl (C=O) groups is 1. The van der Waals surface area contributed by atoms with Gasteiger partial charge in [-0.1, -0.05) is 17.7 Å². The number of esters is 1. The molecule has 0 unspecified atom stereocenters. The second-order valence-electron chi connectivity index (χ2n) is 4.76. The Bertz CT molecular complexity index is 599. The fraction of sp³-hybridized carbons (Fsp3) is 0.462. The number of hydrogen-bond donors (Lipinski definition) is 0. The molecule has 0 amide bonds. The number of nitrogens with zero attached hydrogens (tertiary/aromatic N) is 1. The first-order valence-electron chi connectivity index (χ1n) is 6.16. The zero-order chi connectivity index (χ0) is 14.9. The van der Waals surface area contributed by atoms with Crippen molar-refractivity contribution >= 4 is 27.6 Å². The monoisotopic (exact) mass is 317 g/mol. The van der Waals surface area contributed by atoms with Crippen LogP contribution in [0, 0.1) is 6.92 Å².